The van der Waals surface area contributed by atoms with Crippen molar-refractivity contribution in [3.63, 3.8) is 0 Å². The van der Waals surface area contributed by atoms with Crippen molar-refractivity contribution >= 4 is 45.8 Å². The number of nitrogens with zero attached hydrogens (tertiary/aromatic N) is 4. The van der Waals surface area contributed by atoms with E-state index in [2.05, 4.69) is 78.6 Å². The SMILES string of the molecule is COC(=O)NCC(=O)N1[C@@H]2CC[C@@H](C2)[C@H]1c1ncc(-c2ccc(-c3ccc4c(ccc5[nH]c([C@@H]6C[C@H]7C[C@H]7N6C(=O)CNC(=O)OC)nc54)c3)cc2)[nH]1. The third kappa shape index (κ3) is 5.82. The number of H-pyrrole nitrogens is 2. The molecule has 2 aromatic heterocycles. The molecule has 53 heavy (non-hydrogen) atoms. The minimum absolute atomic E-state index is 0.106. The van der Waals surface area contributed by atoms with Gasteiger partial charge in [0.1, 0.15) is 24.7 Å². The van der Waals surface area contributed by atoms with E-state index < -0.39 is 12.2 Å². The van der Waals surface area contributed by atoms with Crippen LogP contribution in [0.5, 0.6) is 0 Å². The van der Waals surface area contributed by atoms with Crippen LogP contribution >= 0.6 is 0 Å². The van der Waals surface area contributed by atoms with Gasteiger partial charge in [0, 0.05) is 17.5 Å². The lowest BCUT2D eigenvalue weighted by Gasteiger charge is -2.34. The van der Waals surface area contributed by atoms with Gasteiger partial charge < -0.3 is 39.9 Å². The Balaban J connectivity index is 0.918. The van der Waals surface area contributed by atoms with E-state index in [0.29, 0.717) is 11.8 Å². The lowest BCUT2D eigenvalue weighted by molar-refractivity contribution is -0.135. The fraction of sp³-hybridized carbons (Fsp3) is 0.385. The molecule has 4 amide bonds. The lowest BCUT2D eigenvalue weighted by Crippen LogP contribution is -2.45. The Labute approximate surface area is 304 Å². The van der Waals surface area contributed by atoms with Crippen molar-refractivity contribution < 1.29 is 28.7 Å². The van der Waals surface area contributed by atoms with Crippen molar-refractivity contribution in [3.05, 3.63) is 72.4 Å². The zero-order valence-corrected chi connectivity index (χ0v) is 29.4. The van der Waals surface area contributed by atoms with Crippen LogP contribution < -0.4 is 10.6 Å². The molecule has 0 radical (unpaired) electrons. The van der Waals surface area contributed by atoms with Crippen LogP contribution in [-0.2, 0) is 19.1 Å². The highest BCUT2D eigenvalue weighted by Gasteiger charge is 2.55. The van der Waals surface area contributed by atoms with E-state index in [-0.39, 0.29) is 49.1 Å². The van der Waals surface area contributed by atoms with Crippen LogP contribution in [0.4, 0.5) is 9.59 Å². The van der Waals surface area contributed by atoms with E-state index in [0.717, 1.165) is 87.9 Å². The molecule has 9 rings (SSSR count). The highest BCUT2D eigenvalue weighted by atomic mass is 16.5. The van der Waals surface area contributed by atoms with Gasteiger partial charge in [-0.25, -0.2) is 19.6 Å². The standard InChI is InChI=1S/C39H40N8O6/c1-52-38(50)41-18-32(48)46-26-10-7-24(14-26)35(46)37-40-17-29(44-37)21-5-3-20(4-6-21)22-8-11-27-23(13-22)9-12-28-34(27)45-36(43-28)31-16-25-15-30(25)47(31)33(49)19-42-39(51)53-2/h3-6,8-9,11-13,17,24-26,30-31,35H,7,10,14-16,18-19H2,1-2H3,(H,40,44)(H,41,50)(H,42,51)(H,43,45)/t24-,25+,26+,30+,31-,35-/m0/s1. The molecule has 0 spiro atoms. The Kier molecular flexibility index (Phi) is 8.04. The lowest BCUT2D eigenvalue weighted by atomic mass is 9.98. The third-order valence-electron chi connectivity index (χ3n) is 11.6. The molecule has 14 nitrogen and oxygen atoms in total. The van der Waals surface area contributed by atoms with Crippen LogP contribution in [0.1, 0.15) is 55.8 Å². The third-order valence-corrected chi connectivity index (χ3v) is 11.6. The van der Waals surface area contributed by atoms with Gasteiger partial charge in [-0.15, -0.1) is 0 Å². The molecule has 4 fully saturated rings. The summed E-state index contributed by atoms with van der Waals surface area (Å²) in [5, 5.41) is 7.13. The summed E-state index contributed by atoms with van der Waals surface area (Å²) < 4.78 is 9.27. The van der Waals surface area contributed by atoms with Gasteiger partial charge in [-0.05, 0) is 78.1 Å². The maximum atomic E-state index is 13.2. The van der Waals surface area contributed by atoms with Crippen molar-refractivity contribution in [2.45, 2.75) is 56.3 Å². The Hall–Kier alpha value is -5.92. The average Bonchev–Trinajstić information content (AvgIpc) is 3.80. The Morgan fingerprint density at radius 1 is 0.774 bits per heavy atom. The molecular formula is C39H40N8O6. The Morgan fingerprint density at radius 3 is 2.25 bits per heavy atom. The zero-order valence-electron chi connectivity index (χ0n) is 29.4. The number of nitrogens with one attached hydrogen (secondary N) is 4. The molecule has 2 saturated carbocycles. The largest absolute Gasteiger partial charge is 0.453 e. The molecular weight excluding hydrogens is 676 g/mol. The number of rotatable bonds is 8. The fourth-order valence-electron chi connectivity index (χ4n) is 9.02. The molecule has 272 valence electrons. The van der Waals surface area contributed by atoms with Crippen LogP contribution in [0.25, 0.3) is 44.2 Å². The Morgan fingerprint density at radius 2 is 1.49 bits per heavy atom. The van der Waals surface area contributed by atoms with Crippen LogP contribution in [0.3, 0.4) is 0 Å². The number of fused-ring (bicyclic) bond motifs is 6. The highest BCUT2D eigenvalue weighted by Crippen LogP contribution is 2.53. The quantitative estimate of drug-likeness (QED) is 0.170. The summed E-state index contributed by atoms with van der Waals surface area (Å²) in [7, 11) is 2.56. The monoisotopic (exact) mass is 716 g/mol. The number of methoxy groups -OCH3 is 2. The van der Waals surface area contributed by atoms with Gasteiger partial charge in [0.2, 0.25) is 11.8 Å². The van der Waals surface area contributed by atoms with Crippen molar-refractivity contribution in [1.29, 1.82) is 0 Å². The van der Waals surface area contributed by atoms with E-state index in [4.69, 9.17) is 9.97 Å². The number of aromatic nitrogens is 4. The predicted molar refractivity (Wildman–Crippen MR) is 194 cm³/mol. The molecule has 4 N–H and O–H groups in total. The molecule has 2 saturated heterocycles. The number of amides is 4. The summed E-state index contributed by atoms with van der Waals surface area (Å²) in [6, 6.07) is 18.9. The fourth-order valence-corrected chi connectivity index (χ4v) is 9.02. The first-order valence-corrected chi connectivity index (χ1v) is 18.1. The van der Waals surface area contributed by atoms with Crippen molar-refractivity contribution in [1.82, 2.24) is 40.4 Å². The van der Waals surface area contributed by atoms with Crippen molar-refractivity contribution in [3.8, 4) is 22.4 Å². The van der Waals surface area contributed by atoms with Crippen molar-refractivity contribution in [2.24, 2.45) is 11.8 Å². The van der Waals surface area contributed by atoms with Crippen LogP contribution in [0.2, 0.25) is 0 Å². The molecule has 6 atom stereocenters. The van der Waals surface area contributed by atoms with Gasteiger partial charge >= 0.3 is 12.2 Å². The number of alkyl carbamates (subject to hydrolysis) is 2. The molecule has 3 aromatic carbocycles. The van der Waals surface area contributed by atoms with Gasteiger partial charge in [0.15, 0.2) is 0 Å². The zero-order chi connectivity index (χ0) is 36.4. The van der Waals surface area contributed by atoms with E-state index in [1.165, 1.54) is 14.2 Å². The Bertz CT molecular complexity index is 2260. The summed E-state index contributed by atoms with van der Waals surface area (Å²) in [6.45, 7) is -0.214. The highest BCUT2D eigenvalue weighted by molar-refractivity contribution is 6.05. The summed E-state index contributed by atoms with van der Waals surface area (Å²) in [5.74, 6) is 2.06. The molecule has 2 aliphatic heterocycles. The van der Waals surface area contributed by atoms with E-state index in [1.807, 2.05) is 22.1 Å². The smallest absolute Gasteiger partial charge is 0.407 e. The second-order valence-electron chi connectivity index (χ2n) is 14.6. The molecule has 2 bridgehead atoms. The number of ether oxygens (including phenoxy) is 2. The summed E-state index contributed by atoms with van der Waals surface area (Å²) in [5.41, 5.74) is 5.80. The minimum Gasteiger partial charge on any atom is -0.453 e. The topological polar surface area (TPSA) is 175 Å². The number of benzene rings is 3. The number of hydrogen-bond donors (Lipinski definition) is 4. The van der Waals surface area contributed by atoms with Gasteiger partial charge in [-0.2, -0.15) is 0 Å². The first-order chi connectivity index (χ1) is 25.8. The van der Waals surface area contributed by atoms with E-state index in [9.17, 15) is 19.2 Å². The second kappa shape index (κ2) is 12.9. The number of aromatic amines is 2. The molecule has 0 unspecified atom stereocenters. The van der Waals surface area contributed by atoms with Gasteiger partial charge in [-0.3, -0.25) is 9.59 Å². The summed E-state index contributed by atoms with van der Waals surface area (Å²) in [6.07, 6.45) is 5.36. The van der Waals surface area contributed by atoms with Crippen LogP contribution in [-0.4, -0.2) is 93.1 Å². The molecule has 5 aromatic rings. The van der Waals surface area contributed by atoms with E-state index >= 15 is 0 Å². The second-order valence-corrected chi connectivity index (χ2v) is 14.6. The van der Waals surface area contributed by atoms with Gasteiger partial charge in [-0.1, -0.05) is 42.5 Å². The predicted octanol–water partition coefficient (Wildman–Crippen LogP) is 5.20. The van der Waals surface area contributed by atoms with Crippen LogP contribution in [0, 0.1) is 11.8 Å². The summed E-state index contributed by atoms with van der Waals surface area (Å²) in [4.78, 5) is 70.0. The molecule has 2 aliphatic carbocycles. The number of carbonyl (C=O) groups excluding carboxylic acids is 4. The average molecular weight is 717 g/mol. The first kappa shape index (κ1) is 33.0. The molecule has 4 aliphatic rings. The summed E-state index contributed by atoms with van der Waals surface area (Å²) >= 11 is 0. The number of imidazole rings is 2. The number of hydrogen-bond acceptors (Lipinski definition) is 8. The van der Waals surface area contributed by atoms with Gasteiger partial charge in [0.25, 0.3) is 0 Å². The van der Waals surface area contributed by atoms with Crippen LogP contribution in [0.15, 0.2) is 60.8 Å². The van der Waals surface area contributed by atoms with E-state index in [1.54, 1.807) is 0 Å². The first-order valence-electron chi connectivity index (χ1n) is 18.1. The maximum Gasteiger partial charge on any atom is 0.407 e. The minimum atomic E-state index is -0.624. The van der Waals surface area contributed by atoms with Gasteiger partial charge in [0.05, 0.1) is 49.2 Å². The normalized spacial score (nSPS) is 24.0. The molecule has 14 heteroatoms. The number of likely N-dealkylation sites (tertiary alicyclic amines) is 2. The number of carbonyl (C=O) groups is 4. The molecule has 4 heterocycles. The van der Waals surface area contributed by atoms with Crippen molar-refractivity contribution in [2.75, 3.05) is 27.3 Å². The maximum absolute atomic E-state index is 13.2. The number of piperidine rings is 2.